The molecule has 3 aliphatic rings. The van der Waals surface area contributed by atoms with E-state index in [1.165, 1.54) is 24.0 Å². The Labute approximate surface area is 161 Å². The van der Waals surface area contributed by atoms with Crippen LogP contribution in [0.5, 0.6) is 0 Å². The molecule has 0 bridgehead atoms. The first kappa shape index (κ1) is 18.7. The molecule has 1 unspecified atom stereocenters. The van der Waals surface area contributed by atoms with Crippen molar-refractivity contribution in [2.24, 2.45) is 22.1 Å². The lowest BCUT2D eigenvalue weighted by atomic mass is 9.75. The van der Waals surface area contributed by atoms with Gasteiger partial charge in [0.25, 0.3) is 0 Å². The van der Waals surface area contributed by atoms with Crippen molar-refractivity contribution in [1.82, 2.24) is 0 Å². The third-order valence-electron chi connectivity index (χ3n) is 6.15. The number of hydrogen-bond donors (Lipinski definition) is 2. The zero-order chi connectivity index (χ0) is 18.9. The summed E-state index contributed by atoms with van der Waals surface area (Å²) < 4.78 is 17.5. The molecule has 0 amide bonds. The molecule has 6 nitrogen and oxygen atoms in total. The molecular weight excluding hydrogens is 342 g/mol. The van der Waals surface area contributed by atoms with Gasteiger partial charge in [-0.15, -0.1) is 0 Å². The number of nitrogens with zero attached hydrogens (tertiary/aromatic N) is 1. The number of anilines is 1. The average molecular weight is 373 g/mol. The van der Waals surface area contributed by atoms with Gasteiger partial charge in [-0.1, -0.05) is 26.0 Å². The maximum absolute atomic E-state index is 6.23. The summed E-state index contributed by atoms with van der Waals surface area (Å²) in [6.07, 6.45) is 4.76. The molecule has 27 heavy (non-hydrogen) atoms. The van der Waals surface area contributed by atoms with Gasteiger partial charge in [0.15, 0.2) is 11.7 Å². The molecule has 1 aliphatic carbocycles. The minimum absolute atomic E-state index is 0.133. The summed E-state index contributed by atoms with van der Waals surface area (Å²) in [5.41, 5.74) is 9.99. The molecule has 4 rings (SSSR count). The van der Waals surface area contributed by atoms with E-state index in [1.807, 2.05) is 0 Å². The minimum Gasteiger partial charge on any atom is -0.375 e. The number of hydrogen-bond acceptors (Lipinski definition) is 4. The van der Waals surface area contributed by atoms with Gasteiger partial charge in [0.1, 0.15) is 6.61 Å². The third-order valence-corrected chi connectivity index (χ3v) is 6.15. The van der Waals surface area contributed by atoms with Crippen molar-refractivity contribution in [1.29, 1.82) is 0 Å². The summed E-state index contributed by atoms with van der Waals surface area (Å²) in [6, 6.07) is 6.41. The van der Waals surface area contributed by atoms with Crippen molar-refractivity contribution in [3.63, 3.8) is 0 Å². The lowest BCUT2D eigenvalue weighted by Crippen LogP contribution is -2.47. The quantitative estimate of drug-likeness (QED) is 0.627. The van der Waals surface area contributed by atoms with Gasteiger partial charge in [0.05, 0.1) is 19.8 Å². The second-order valence-electron chi connectivity index (χ2n) is 8.54. The Morgan fingerprint density at radius 2 is 2.04 bits per heavy atom. The lowest BCUT2D eigenvalue weighted by molar-refractivity contribution is -0.196. The van der Waals surface area contributed by atoms with Gasteiger partial charge in [-0.2, -0.15) is 0 Å². The van der Waals surface area contributed by atoms with E-state index >= 15 is 0 Å². The van der Waals surface area contributed by atoms with Crippen molar-refractivity contribution in [2.45, 2.75) is 45.3 Å². The van der Waals surface area contributed by atoms with Gasteiger partial charge in [-0.05, 0) is 48.3 Å². The van der Waals surface area contributed by atoms with Gasteiger partial charge in [-0.3, -0.25) is 4.99 Å². The van der Waals surface area contributed by atoms with Gasteiger partial charge in [0, 0.05) is 18.2 Å². The minimum atomic E-state index is -0.611. The van der Waals surface area contributed by atoms with Gasteiger partial charge in [0.2, 0.25) is 0 Å². The number of guanidine groups is 1. The van der Waals surface area contributed by atoms with E-state index in [2.05, 4.69) is 42.4 Å². The fourth-order valence-electron chi connectivity index (χ4n) is 4.60. The van der Waals surface area contributed by atoms with Crippen LogP contribution in [0.3, 0.4) is 0 Å². The highest BCUT2D eigenvalue weighted by Gasteiger charge is 2.55. The van der Waals surface area contributed by atoms with E-state index in [4.69, 9.17) is 19.9 Å². The molecule has 1 aromatic rings. The van der Waals surface area contributed by atoms with Gasteiger partial charge < -0.3 is 25.3 Å². The number of benzene rings is 1. The maximum Gasteiger partial charge on any atom is 0.197 e. The molecular formula is C21H31N3O3. The summed E-state index contributed by atoms with van der Waals surface area (Å²) >= 11 is 0. The number of nitrogens with one attached hydrogen (secondary N) is 1. The van der Waals surface area contributed by atoms with Crippen LogP contribution >= 0.6 is 0 Å². The molecule has 1 aromatic carbocycles. The van der Waals surface area contributed by atoms with Crippen LogP contribution in [-0.4, -0.2) is 44.7 Å². The Balaban J connectivity index is 1.44. The largest absolute Gasteiger partial charge is 0.375 e. The topological polar surface area (TPSA) is 78.1 Å². The molecule has 148 valence electrons. The average Bonchev–Trinajstić information content (AvgIpc) is 3.31. The molecule has 0 aromatic heterocycles. The van der Waals surface area contributed by atoms with E-state index in [0.717, 1.165) is 18.5 Å². The van der Waals surface area contributed by atoms with Crippen LogP contribution in [0.4, 0.5) is 5.69 Å². The Morgan fingerprint density at radius 1 is 1.26 bits per heavy atom. The molecule has 2 aliphatic heterocycles. The number of ether oxygens (including phenoxy) is 3. The smallest absolute Gasteiger partial charge is 0.197 e. The van der Waals surface area contributed by atoms with Crippen molar-refractivity contribution in [3.05, 3.63) is 29.3 Å². The summed E-state index contributed by atoms with van der Waals surface area (Å²) in [5, 5.41) is 3.33. The van der Waals surface area contributed by atoms with Gasteiger partial charge in [-0.25, -0.2) is 0 Å². The van der Waals surface area contributed by atoms with Gasteiger partial charge >= 0.3 is 0 Å². The maximum atomic E-state index is 6.23. The highest BCUT2D eigenvalue weighted by atomic mass is 16.8. The summed E-state index contributed by atoms with van der Waals surface area (Å²) in [5.74, 6) is -0.0171. The first-order valence-electron chi connectivity index (χ1n) is 10.0. The molecule has 6 heteroatoms. The van der Waals surface area contributed by atoms with Crippen LogP contribution in [0.1, 0.15) is 37.8 Å². The van der Waals surface area contributed by atoms with E-state index in [-0.39, 0.29) is 11.3 Å². The molecule has 2 heterocycles. The molecule has 3 N–H and O–H groups in total. The summed E-state index contributed by atoms with van der Waals surface area (Å²) in [7, 11) is 0. The number of nitrogens with two attached hydrogens (primary N) is 1. The zero-order valence-corrected chi connectivity index (χ0v) is 16.4. The molecule has 1 spiro atoms. The van der Waals surface area contributed by atoms with E-state index < -0.39 is 5.79 Å². The third kappa shape index (κ3) is 3.71. The normalized spacial score (nSPS) is 25.0. The zero-order valence-electron chi connectivity index (χ0n) is 16.4. The van der Waals surface area contributed by atoms with Crippen LogP contribution in [0.25, 0.3) is 0 Å². The summed E-state index contributed by atoms with van der Waals surface area (Å²) in [4.78, 5) is 4.66. The molecule has 2 saturated heterocycles. The van der Waals surface area contributed by atoms with Crippen LogP contribution in [0.15, 0.2) is 23.2 Å². The van der Waals surface area contributed by atoms with E-state index in [0.29, 0.717) is 38.9 Å². The summed E-state index contributed by atoms with van der Waals surface area (Å²) in [6.45, 7) is 7.32. The SMILES string of the molecule is CC(C)(CN=C(N)Nc1cccc2c1CCCC2)C1COCC12OCCO2. The molecule has 2 fully saturated rings. The number of fused-ring (bicyclic) bond motifs is 1. The molecule has 0 saturated carbocycles. The Kier molecular flexibility index (Phi) is 5.14. The first-order valence-corrected chi connectivity index (χ1v) is 10.0. The Bertz CT molecular complexity index is 705. The predicted octanol–water partition coefficient (Wildman–Crippen LogP) is 2.71. The first-order chi connectivity index (χ1) is 13.0. The second kappa shape index (κ2) is 7.41. The standard InChI is InChI=1S/C21H31N3O3/c1-20(2,18-12-25-14-21(18)26-10-11-27-21)13-23-19(22)24-17-9-5-7-15-6-3-4-8-16(15)17/h5,7,9,18H,3-4,6,8,10-14H2,1-2H3,(H3,22,23,24). The Hall–Kier alpha value is -1.63. The number of aryl methyl sites for hydroxylation is 1. The number of aliphatic imine (C=N–C) groups is 1. The highest BCUT2D eigenvalue weighted by Crippen LogP contribution is 2.44. The predicted molar refractivity (Wildman–Crippen MR) is 106 cm³/mol. The Morgan fingerprint density at radius 3 is 2.85 bits per heavy atom. The molecule has 1 atom stereocenters. The molecule has 0 radical (unpaired) electrons. The number of rotatable bonds is 4. The van der Waals surface area contributed by atoms with Crippen LogP contribution in [0.2, 0.25) is 0 Å². The second-order valence-corrected chi connectivity index (χ2v) is 8.54. The van der Waals surface area contributed by atoms with Crippen molar-refractivity contribution in [3.8, 4) is 0 Å². The highest BCUT2D eigenvalue weighted by molar-refractivity contribution is 5.93. The van der Waals surface area contributed by atoms with Crippen LogP contribution in [0, 0.1) is 11.3 Å². The fourth-order valence-corrected chi connectivity index (χ4v) is 4.60. The van der Waals surface area contributed by atoms with E-state index in [9.17, 15) is 0 Å². The monoisotopic (exact) mass is 373 g/mol. The fraction of sp³-hybridized carbons (Fsp3) is 0.667. The van der Waals surface area contributed by atoms with Crippen molar-refractivity contribution >= 4 is 11.6 Å². The van der Waals surface area contributed by atoms with Crippen LogP contribution < -0.4 is 11.1 Å². The lowest BCUT2D eigenvalue weighted by Gasteiger charge is -2.37. The van der Waals surface area contributed by atoms with E-state index in [1.54, 1.807) is 0 Å². The van der Waals surface area contributed by atoms with Crippen molar-refractivity contribution < 1.29 is 14.2 Å². The van der Waals surface area contributed by atoms with Crippen molar-refractivity contribution in [2.75, 3.05) is 38.3 Å². The van der Waals surface area contributed by atoms with Crippen LogP contribution in [-0.2, 0) is 27.1 Å².